The van der Waals surface area contributed by atoms with E-state index in [-0.39, 0.29) is 0 Å². The van der Waals surface area contributed by atoms with Crippen molar-refractivity contribution in [3.05, 3.63) is 42.2 Å². The Hall–Kier alpha value is -3.03. The molecule has 8 nitrogen and oxygen atoms in total. The number of nitrogens with zero attached hydrogens (tertiary/aromatic N) is 5. The molecule has 2 N–H and O–H groups in total. The van der Waals surface area contributed by atoms with Crippen molar-refractivity contribution in [2.45, 2.75) is 13.0 Å². The second kappa shape index (κ2) is 8.11. The largest absolute Gasteiger partial charge is 0.490 e. The molecule has 1 aromatic heterocycles. The number of anilines is 1. The first-order valence-corrected chi connectivity index (χ1v) is 9.25. The van der Waals surface area contributed by atoms with Crippen LogP contribution in [0.5, 0.6) is 11.5 Å². The quantitative estimate of drug-likeness (QED) is 0.645. The Bertz CT molecular complexity index is 790. The molecule has 2 aliphatic rings. The number of aromatic nitrogens is 2. The van der Waals surface area contributed by atoms with E-state index >= 15 is 0 Å². The SMILES string of the molecule is NC(=NCc1cccc2c1OCCCO2)N1CCN(c2ncccn2)CC1. The maximum Gasteiger partial charge on any atom is 0.225 e. The summed E-state index contributed by atoms with van der Waals surface area (Å²) in [6.07, 6.45) is 4.41. The van der Waals surface area contributed by atoms with E-state index < -0.39 is 0 Å². The number of nitrogens with two attached hydrogens (primary N) is 1. The lowest BCUT2D eigenvalue weighted by molar-refractivity contribution is 0.296. The maximum absolute atomic E-state index is 6.24. The summed E-state index contributed by atoms with van der Waals surface area (Å²) in [4.78, 5) is 17.5. The first-order valence-electron chi connectivity index (χ1n) is 9.25. The molecule has 2 aliphatic heterocycles. The lowest BCUT2D eigenvalue weighted by atomic mass is 10.2. The van der Waals surface area contributed by atoms with Crippen LogP contribution in [0.25, 0.3) is 0 Å². The Morgan fingerprint density at radius 1 is 1.04 bits per heavy atom. The Balaban J connectivity index is 1.38. The van der Waals surface area contributed by atoms with Gasteiger partial charge >= 0.3 is 0 Å². The summed E-state index contributed by atoms with van der Waals surface area (Å²) in [7, 11) is 0. The van der Waals surface area contributed by atoms with E-state index in [2.05, 4.69) is 24.8 Å². The van der Waals surface area contributed by atoms with Gasteiger partial charge in [-0.1, -0.05) is 12.1 Å². The van der Waals surface area contributed by atoms with Gasteiger partial charge in [-0.05, 0) is 12.1 Å². The fourth-order valence-corrected chi connectivity index (χ4v) is 3.23. The summed E-state index contributed by atoms with van der Waals surface area (Å²) in [5, 5.41) is 0. The van der Waals surface area contributed by atoms with E-state index in [4.69, 9.17) is 15.2 Å². The molecule has 142 valence electrons. The molecule has 8 heteroatoms. The van der Waals surface area contributed by atoms with Crippen LogP contribution in [0.3, 0.4) is 0 Å². The van der Waals surface area contributed by atoms with E-state index in [0.29, 0.717) is 25.7 Å². The van der Waals surface area contributed by atoms with Gasteiger partial charge in [0.05, 0.1) is 19.8 Å². The summed E-state index contributed by atoms with van der Waals surface area (Å²) in [5.74, 6) is 2.89. The van der Waals surface area contributed by atoms with Gasteiger partial charge in [-0.15, -0.1) is 0 Å². The average molecular weight is 368 g/mol. The van der Waals surface area contributed by atoms with Crippen LogP contribution >= 0.6 is 0 Å². The Labute approximate surface area is 158 Å². The molecule has 0 spiro atoms. The third-order valence-electron chi connectivity index (χ3n) is 4.70. The van der Waals surface area contributed by atoms with Crippen molar-refractivity contribution >= 4 is 11.9 Å². The minimum absolute atomic E-state index is 0.473. The number of para-hydroxylation sites is 1. The molecule has 3 heterocycles. The van der Waals surface area contributed by atoms with E-state index in [9.17, 15) is 0 Å². The monoisotopic (exact) mass is 368 g/mol. The smallest absolute Gasteiger partial charge is 0.225 e. The van der Waals surface area contributed by atoms with E-state index in [1.807, 2.05) is 24.3 Å². The van der Waals surface area contributed by atoms with Crippen molar-refractivity contribution in [3.8, 4) is 11.5 Å². The number of benzene rings is 1. The number of hydrogen-bond acceptors (Lipinski definition) is 6. The van der Waals surface area contributed by atoms with Crippen LogP contribution in [0.4, 0.5) is 5.95 Å². The number of aliphatic imine (C=N–C) groups is 1. The third kappa shape index (κ3) is 4.05. The fourth-order valence-electron chi connectivity index (χ4n) is 3.23. The molecule has 0 radical (unpaired) electrons. The summed E-state index contributed by atoms with van der Waals surface area (Å²) >= 11 is 0. The van der Waals surface area contributed by atoms with E-state index in [0.717, 1.165) is 55.6 Å². The standard InChI is InChI=1S/C19H24N6O2/c20-18(24-8-10-25(11-9-24)19-21-6-2-7-22-19)23-14-15-4-1-5-16-17(15)27-13-3-12-26-16/h1-2,4-7H,3,8-14H2,(H2,20,23). The first kappa shape index (κ1) is 17.4. The van der Waals surface area contributed by atoms with Crippen LogP contribution in [-0.4, -0.2) is 60.2 Å². The van der Waals surface area contributed by atoms with Gasteiger partial charge in [0.15, 0.2) is 17.5 Å². The van der Waals surface area contributed by atoms with E-state index in [1.54, 1.807) is 12.4 Å². The number of fused-ring (bicyclic) bond motifs is 1. The molecular formula is C19H24N6O2. The number of hydrogen-bond donors (Lipinski definition) is 1. The van der Waals surface area contributed by atoms with Crippen molar-refractivity contribution < 1.29 is 9.47 Å². The predicted molar refractivity (Wildman–Crippen MR) is 103 cm³/mol. The molecule has 1 aromatic carbocycles. The van der Waals surface area contributed by atoms with Crippen LogP contribution in [0.1, 0.15) is 12.0 Å². The molecular weight excluding hydrogens is 344 g/mol. The van der Waals surface area contributed by atoms with Gasteiger partial charge in [0, 0.05) is 50.6 Å². The van der Waals surface area contributed by atoms with Crippen molar-refractivity contribution in [1.82, 2.24) is 14.9 Å². The van der Waals surface area contributed by atoms with Crippen molar-refractivity contribution in [2.24, 2.45) is 10.7 Å². The zero-order valence-electron chi connectivity index (χ0n) is 15.3. The van der Waals surface area contributed by atoms with Gasteiger partial charge in [0.25, 0.3) is 0 Å². The molecule has 2 aromatic rings. The first-order chi connectivity index (χ1) is 13.3. The minimum atomic E-state index is 0.473. The van der Waals surface area contributed by atoms with Gasteiger partial charge in [0.2, 0.25) is 5.95 Å². The zero-order chi connectivity index (χ0) is 18.5. The predicted octanol–water partition coefficient (Wildman–Crippen LogP) is 1.27. The van der Waals surface area contributed by atoms with Crippen LogP contribution in [0.15, 0.2) is 41.7 Å². The average Bonchev–Trinajstić information content (AvgIpc) is 2.99. The normalized spacial score (nSPS) is 17.6. The van der Waals surface area contributed by atoms with Gasteiger partial charge in [-0.3, -0.25) is 0 Å². The Kier molecular flexibility index (Phi) is 5.22. The lowest BCUT2D eigenvalue weighted by Crippen LogP contribution is -2.51. The molecule has 0 bridgehead atoms. The molecule has 0 atom stereocenters. The summed E-state index contributed by atoms with van der Waals surface area (Å²) in [6, 6.07) is 7.73. The fraction of sp³-hybridized carbons (Fsp3) is 0.421. The third-order valence-corrected chi connectivity index (χ3v) is 4.70. The summed E-state index contributed by atoms with van der Waals surface area (Å²) in [6.45, 7) is 5.03. The lowest BCUT2D eigenvalue weighted by Gasteiger charge is -2.35. The highest BCUT2D eigenvalue weighted by Crippen LogP contribution is 2.33. The minimum Gasteiger partial charge on any atom is -0.490 e. The second-order valence-corrected chi connectivity index (χ2v) is 6.49. The molecule has 1 fully saturated rings. The number of ether oxygens (including phenoxy) is 2. The highest BCUT2D eigenvalue weighted by Gasteiger charge is 2.20. The van der Waals surface area contributed by atoms with Crippen molar-refractivity contribution in [2.75, 3.05) is 44.3 Å². The van der Waals surface area contributed by atoms with Crippen molar-refractivity contribution in [3.63, 3.8) is 0 Å². The van der Waals surface area contributed by atoms with Crippen molar-refractivity contribution in [1.29, 1.82) is 0 Å². The van der Waals surface area contributed by atoms with E-state index in [1.165, 1.54) is 0 Å². The molecule has 1 saturated heterocycles. The highest BCUT2D eigenvalue weighted by atomic mass is 16.5. The summed E-state index contributed by atoms with van der Waals surface area (Å²) in [5.41, 5.74) is 7.24. The second-order valence-electron chi connectivity index (χ2n) is 6.49. The molecule has 4 rings (SSSR count). The summed E-state index contributed by atoms with van der Waals surface area (Å²) < 4.78 is 11.6. The van der Waals surface area contributed by atoms with Gasteiger partial charge in [0.1, 0.15) is 0 Å². The molecule has 27 heavy (non-hydrogen) atoms. The Morgan fingerprint density at radius 3 is 2.63 bits per heavy atom. The van der Waals surface area contributed by atoms with Gasteiger partial charge in [-0.25, -0.2) is 15.0 Å². The number of piperazine rings is 1. The molecule has 0 saturated carbocycles. The molecule has 0 aliphatic carbocycles. The zero-order valence-corrected chi connectivity index (χ0v) is 15.3. The topological polar surface area (TPSA) is 89.1 Å². The van der Waals surface area contributed by atoms with Crippen LogP contribution in [0, 0.1) is 0 Å². The highest BCUT2D eigenvalue weighted by molar-refractivity contribution is 5.78. The van der Waals surface area contributed by atoms with Crippen LogP contribution < -0.4 is 20.1 Å². The molecule has 0 unspecified atom stereocenters. The van der Waals surface area contributed by atoms with Crippen LogP contribution in [0.2, 0.25) is 0 Å². The van der Waals surface area contributed by atoms with Crippen LogP contribution in [-0.2, 0) is 6.54 Å². The molecule has 0 amide bonds. The van der Waals surface area contributed by atoms with Gasteiger partial charge < -0.3 is 25.0 Å². The van der Waals surface area contributed by atoms with Gasteiger partial charge in [-0.2, -0.15) is 0 Å². The number of rotatable bonds is 3. The maximum atomic E-state index is 6.24. The Morgan fingerprint density at radius 2 is 1.81 bits per heavy atom. The number of guanidine groups is 1.